The number of halogens is 3. The molecule has 1 unspecified atom stereocenters. The van der Waals surface area contributed by atoms with Crippen LogP contribution in [0.25, 0.3) is 0 Å². The fourth-order valence-electron chi connectivity index (χ4n) is 1.69. The molecule has 0 spiro atoms. The molecule has 1 aromatic carbocycles. The highest BCUT2D eigenvalue weighted by Crippen LogP contribution is 2.31. The summed E-state index contributed by atoms with van der Waals surface area (Å²) in [4.78, 5) is 7.81. The molecule has 1 N–H and O–H groups in total. The van der Waals surface area contributed by atoms with Crippen LogP contribution in [0, 0.1) is 0 Å². The largest absolute Gasteiger partial charge is 0.480 e. The molecule has 0 aliphatic heterocycles. The summed E-state index contributed by atoms with van der Waals surface area (Å²) < 4.78 is 42.3. The highest BCUT2D eigenvalue weighted by molar-refractivity contribution is 5.33. The van der Waals surface area contributed by atoms with Gasteiger partial charge >= 0.3 is 6.18 Å². The Hall–Kier alpha value is -2.15. The van der Waals surface area contributed by atoms with E-state index in [4.69, 9.17) is 4.74 Å². The van der Waals surface area contributed by atoms with Crippen LogP contribution in [0.2, 0.25) is 0 Å². The standard InChI is InChI=1S/C13H11F3N2O2/c1-20-12-10(17-6-7-18-12)11(19)8-2-4-9(5-3-8)13(14,15)16/h2-7,11,19H,1H3. The fourth-order valence-corrected chi connectivity index (χ4v) is 1.69. The molecule has 0 fully saturated rings. The van der Waals surface area contributed by atoms with Gasteiger partial charge < -0.3 is 9.84 Å². The minimum absolute atomic E-state index is 0.125. The summed E-state index contributed by atoms with van der Waals surface area (Å²) in [6.45, 7) is 0. The van der Waals surface area contributed by atoms with Gasteiger partial charge in [-0.3, -0.25) is 4.98 Å². The van der Waals surface area contributed by atoms with Crippen LogP contribution in [0.3, 0.4) is 0 Å². The first-order valence-corrected chi connectivity index (χ1v) is 5.63. The molecule has 20 heavy (non-hydrogen) atoms. The van der Waals surface area contributed by atoms with E-state index >= 15 is 0 Å². The fraction of sp³-hybridized carbons (Fsp3) is 0.231. The molecular weight excluding hydrogens is 273 g/mol. The molecule has 0 aliphatic rings. The van der Waals surface area contributed by atoms with Gasteiger partial charge in [0.2, 0.25) is 5.88 Å². The Balaban J connectivity index is 2.32. The SMILES string of the molecule is COc1nccnc1C(O)c1ccc(C(F)(F)F)cc1. The average molecular weight is 284 g/mol. The van der Waals surface area contributed by atoms with Crippen molar-refractivity contribution in [3.63, 3.8) is 0 Å². The van der Waals surface area contributed by atoms with E-state index in [0.717, 1.165) is 12.1 Å². The van der Waals surface area contributed by atoms with E-state index in [-0.39, 0.29) is 17.1 Å². The second kappa shape index (κ2) is 5.46. The average Bonchev–Trinajstić information content (AvgIpc) is 2.45. The van der Waals surface area contributed by atoms with Gasteiger partial charge in [-0.2, -0.15) is 13.2 Å². The Kier molecular flexibility index (Phi) is 3.89. The van der Waals surface area contributed by atoms with Crippen LogP contribution in [-0.2, 0) is 6.18 Å². The lowest BCUT2D eigenvalue weighted by atomic mass is 10.0. The molecule has 1 atom stereocenters. The summed E-state index contributed by atoms with van der Waals surface area (Å²) in [5, 5.41) is 10.1. The predicted octanol–water partition coefficient (Wildman–Crippen LogP) is 2.59. The van der Waals surface area contributed by atoms with E-state index in [1.165, 1.54) is 31.6 Å². The third-order valence-electron chi connectivity index (χ3n) is 2.70. The van der Waals surface area contributed by atoms with E-state index < -0.39 is 17.8 Å². The number of rotatable bonds is 3. The first-order valence-electron chi connectivity index (χ1n) is 5.63. The number of aliphatic hydroxyl groups is 1. The molecule has 4 nitrogen and oxygen atoms in total. The molecule has 1 heterocycles. The van der Waals surface area contributed by atoms with Crippen molar-refractivity contribution in [2.24, 2.45) is 0 Å². The van der Waals surface area contributed by atoms with Crippen LogP contribution in [0.4, 0.5) is 13.2 Å². The normalized spacial score (nSPS) is 13.1. The zero-order valence-corrected chi connectivity index (χ0v) is 10.4. The highest BCUT2D eigenvalue weighted by Gasteiger charge is 2.30. The van der Waals surface area contributed by atoms with Crippen molar-refractivity contribution < 1.29 is 23.0 Å². The van der Waals surface area contributed by atoms with Crippen LogP contribution in [0.1, 0.15) is 22.9 Å². The van der Waals surface area contributed by atoms with Gasteiger partial charge in [0, 0.05) is 12.4 Å². The third-order valence-corrected chi connectivity index (χ3v) is 2.70. The minimum atomic E-state index is -4.41. The molecule has 2 rings (SSSR count). The van der Waals surface area contributed by atoms with Crippen molar-refractivity contribution >= 4 is 0 Å². The van der Waals surface area contributed by atoms with Gasteiger partial charge in [-0.1, -0.05) is 12.1 Å². The maximum absolute atomic E-state index is 12.5. The highest BCUT2D eigenvalue weighted by atomic mass is 19.4. The van der Waals surface area contributed by atoms with Crippen LogP contribution < -0.4 is 4.74 Å². The van der Waals surface area contributed by atoms with Gasteiger partial charge in [0.05, 0.1) is 12.7 Å². The molecular formula is C13H11F3N2O2. The summed E-state index contributed by atoms with van der Waals surface area (Å²) in [7, 11) is 1.37. The van der Waals surface area contributed by atoms with Crippen molar-refractivity contribution in [3.05, 3.63) is 53.5 Å². The molecule has 2 aromatic rings. The predicted molar refractivity (Wildman–Crippen MR) is 64.1 cm³/mol. The molecule has 0 saturated carbocycles. The molecule has 0 amide bonds. The number of ether oxygens (including phenoxy) is 1. The Morgan fingerprint density at radius 2 is 1.70 bits per heavy atom. The number of methoxy groups -OCH3 is 1. The number of hydrogen-bond donors (Lipinski definition) is 1. The molecule has 0 radical (unpaired) electrons. The summed E-state index contributed by atoms with van der Waals surface area (Å²) in [6.07, 6.45) is -2.86. The van der Waals surface area contributed by atoms with Crippen LogP contribution in [-0.4, -0.2) is 22.2 Å². The van der Waals surface area contributed by atoms with Crippen molar-refractivity contribution in [1.82, 2.24) is 9.97 Å². The van der Waals surface area contributed by atoms with Crippen LogP contribution >= 0.6 is 0 Å². The summed E-state index contributed by atoms with van der Waals surface area (Å²) in [6, 6.07) is 4.20. The zero-order valence-electron chi connectivity index (χ0n) is 10.4. The summed E-state index contributed by atoms with van der Waals surface area (Å²) in [5.74, 6) is 0.125. The van der Waals surface area contributed by atoms with Crippen molar-refractivity contribution in [1.29, 1.82) is 0 Å². The topological polar surface area (TPSA) is 55.2 Å². The van der Waals surface area contributed by atoms with Crippen LogP contribution in [0.5, 0.6) is 5.88 Å². The number of alkyl halides is 3. The van der Waals surface area contributed by atoms with E-state index in [9.17, 15) is 18.3 Å². The quantitative estimate of drug-likeness (QED) is 0.941. The smallest absolute Gasteiger partial charge is 0.416 e. The Bertz CT molecular complexity index is 585. The Morgan fingerprint density at radius 3 is 2.25 bits per heavy atom. The number of benzene rings is 1. The Labute approximate surface area is 112 Å². The Morgan fingerprint density at radius 1 is 1.10 bits per heavy atom. The number of nitrogens with zero attached hydrogens (tertiary/aromatic N) is 2. The maximum atomic E-state index is 12.5. The molecule has 0 saturated heterocycles. The molecule has 1 aromatic heterocycles. The molecule has 0 bridgehead atoms. The van der Waals surface area contributed by atoms with Gasteiger partial charge in [-0.05, 0) is 17.7 Å². The lowest BCUT2D eigenvalue weighted by Gasteiger charge is -2.14. The summed E-state index contributed by atoms with van der Waals surface area (Å²) >= 11 is 0. The molecule has 7 heteroatoms. The first-order chi connectivity index (χ1) is 9.43. The second-order valence-corrected chi connectivity index (χ2v) is 3.97. The van der Waals surface area contributed by atoms with Crippen molar-refractivity contribution in [2.45, 2.75) is 12.3 Å². The van der Waals surface area contributed by atoms with Crippen molar-refractivity contribution in [3.8, 4) is 5.88 Å². The van der Waals surface area contributed by atoms with Gasteiger partial charge in [0.25, 0.3) is 0 Å². The van der Waals surface area contributed by atoms with Gasteiger partial charge in [0.15, 0.2) is 0 Å². The zero-order chi connectivity index (χ0) is 14.8. The number of aromatic nitrogens is 2. The van der Waals surface area contributed by atoms with E-state index in [1.807, 2.05) is 0 Å². The van der Waals surface area contributed by atoms with Crippen LogP contribution in [0.15, 0.2) is 36.7 Å². The second-order valence-electron chi connectivity index (χ2n) is 3.97. The van der Waals surface area contributed by atoms with E-state index in [2.05, 4.69) is 9.97 Å². The lowest BCUT2D eigenvalue weighted by Crippen LogP contribution is -2.08. The number of hydrogen-bond acceptors (Lipinski definition) is 4. The summed E-state index contributed by atoms with van der Waals surface area (Å²) in [5.41, 5.74) is -0.355. The molecule has 106 valence electrons. The van der Waals surface area contributed by atoms with Gasteiger partial charge in [-0.15, -0.1) is 0 Å². The van der Waals surface area contributed by atoms with Crippen molar-refractivity contribution in [2.75, 3.05) is 7.11 Å². The maximum Gasteiger partial charge on any atom is 0.416 e. The third kappa shape index (κ3) is 2.88. The van der Waals surface area contributed by atoms with E-state index in [1.54, 1.807) is 0 Å². The van der Waals surface area contributed by atoms with Gasteiger partial charge in [-0.25, -0.2) is 4.98 Å². The molecule has 0 aliphatic carbocycles. The van der Waals surface area contributed by atoms with E-state index in [0.29, 0.717) is 0 Å². The minimum Gasteiger partial charge on any atom is -0.480 e. The first kappa shape index (κ1) is 14.3. The number of aliphatic hydroxyl groups excluding tert-OH is 1. The van der Waals surface area contributed by atoms with Gasteiger partial charge in [0.1, 0.15) is 11.8 Å². The lowest BCUT2D eigenvalue weighted by molar-refractivity contribution is -0.137. The monoisotopic (exact) mass is 284 g/mol.